The van der Waals surface area contributed by atoms with Crippen LogP contribution < -0.4 is 0 Å². The van der Waals surface area contributed by atoms with Crippen LogP contribution in [0.5, 0.6) is 0 Å². The molecule has 0 unspecified atom stereocenters. The van der Waals surface area contributed by atoms with Gasteiger partial charge in [0.15, 0.2) is 5.58 Å². The lowest BCUT2D eigenvalue weighted by molar-refractivity contribution is 0.604. The van der Waals surface area contributed by atoms with Gasteiger partial charge in [-0.2, -0.15) is 4.98 Å². The monoisotopic (exact) mass is 188 g/mol. The second-order valence-corrected chi connectivity index (χ2v) is 2.64. The summed E-state index contributed by atoms with van der Waals surface area (Å²) in [5, 5.41) is 0.523. The summed E-state index contributed by atoms with van der Waals surface area (Å²) in [4.78, 5) is 7.67. The number of nitrogens with zero attached hydrogens (tertiary/aromatic N) is 2. The first-order valence-electron chi connectivity index (χ1n) is 2.84. The van der Waals surface area contributed by atoms with Gasteiger partial charge in [-0.3, -0.25) is 0 Å². The fourth-order valence-corrected chi connectivity index (χ4v) is 1.12. The summed E-state index contributed by atoms with van der Waals surface area (Å²) in [6, 6.07) is 1.62. The van der Waals surface area contributed by atoms with Crippen LogP contribution in [0.15, 0.2) is 16.7 Å². The van der Waals surface area contributed by atoms with Crippen molar-refractivity contribution >= 4 is 34.4 Å². The molecule has 0 N–H and O–H groups in total. The third-order valence-corrected chi connectivity index (χ3v) is 1.68. The molecule has 0 aliphatic carbocycles. The molecule has 0 bridgehead atoms. The Balaban J connectivity index is 2.90. The van der Waals surface area contributed by atoms with E-state index in [2.05, 4.69) is 9.97 Å². The van der Waals surface area contributed by atoms with E-state index in [9.17, 15) is 0 Å². The van der Waals surface area contributed by atoms with Crippen molar-refractivity contribution < 1.29 is 4.42 Å². The zero-order chi connectivity index (χ0) is 7.84. The summed E-state index contributed by atoms with van der Waals surface area (Å²) in [7, 11) is 0. The van der Waals surface area contributed by atoms with Crippen molar-refractivity contribution in [1.82, 2.24) is 9.97 Å². The second-order valence-electron chi connectivity index (χ2n) is 1.91. The zero-order valence-electron chi connectivity index (χ0n) is 5.21. The lowest BCUT2D eigenvalue weighted by Crippen LogP contribution is -1.73. The molecule has 0 saturated carbocycles. The van der Waals surface area contributed by atoms with Crippen molar-refractivity contribution in [3.05, 3.63) is 22.6 Å². The van der Waals surface area contributed by atoms with Crippen molar-refractivity contribution in [3.63, 3.8) is 0 Å². The van der Waals surface area contributed by atoms with Gasteiger partial charge in [-0.1, -0.05) is 11.6 Å². The normalized spacial score (nSPS) is 10.7. The minimum Gasteiger partial charge on any atom is -0.424 e. The molecule has 0 amide bonds. The highest BCUT2D eigenvalue weighted by Crippen LogP contribution is 2.23. The number of aromatic nitrogens is 2. The molecule has 2 aromatic rings. The van der Waals surface area contributed by atoms with Crippen molar-refractivity contribution in [2.24, 2.45) is 0 Å². The first-order valence-corrected chi connectivity index (χ1v) is 3.59. The summed E-state index contributed by atoms with van der Waals surface area (Å²) in [6.45, 7) is 0. The molecule has 3 nitrogen and oxygen atoms in total. The summed E-state index contributed by atoms with van der Waals surface area (Å²) in [5.74, 6) is 0. The van der Waals surface area contributed by atoms with Gasteiger partial charge in [0.25, 0.3) is 5.35 Å². The third kappa shape index (κ3) is 1.06. The molecule has 0 atom stereocenters. The smallest absolute Gasteiger partial charge is 0.294 e. The van der Waals surface area contributed by atoms with Crippen molar-refractivity contribution in [3.8, 4) is 0 Å². The Hall–Kier alpha value is -0.800. The zero-order valence-corrected chi connectivity index (χ0v) is 6.73. The van der Waals surface area contributed by atoms with Crippen LogP contribution in [0.3, 0.4) is 0 Å². The number of hydrogen-bond donors (Lipinski definition) is 0. The minimum atomic E-state index is 0.0561. The standard InChI is InChI=1S/C6H2Cl2N2O/c7-3-1-2-9-5-4(3)11-6(8)10-5/h1-2H. The third-order valence-electron chi connectivity index (χ3n) is 1.22. The lowest BCUT2D eigenvalue weighted by atomic mass is 10.5. The van der Waals surface area contributed by atoms with Crippen molar-refractivity contribution in [2.45, 2.75) is 0 Å². The molecule has 0 aromatic carbocycles. The van der Waals surface area contributed by atoms with E-state index < -0.39 is 0 Å². The maximum atomic E-state index is 5.74. The number of fused-ring (bicyclic) bond motifs is 1. The highest BCUT2D eigenvalue weighted by atomic mass is 35.5. The number of halogens is 2. The van der Waals surface area contributed by atoms with Crippen LogP contribution in [0.4, 0.5) is 0 Å². The van der Waals surface area contributed by atoms with Crippen LogP contribution in [0, 0.1) is 0 Å². The van der Waals surface area contributed by atoms with Crippen molar-refractivity contribution in [1.29, 1.82) is 0 Å². The van der Waals surface area contributed by atoms with E-state index in [0.717, 1.165) is 0 Å². The average Bonchev–Trinajstić information content (AvgIpc) is 2.31. The molecule has 0 fully saturated rings. The van der Waals surface area contributed by atoms with Gasteiger partial charge in [0.05, 0.1) is 5.02 Å². The SMILES string of the molecule is Clc1nc2nccc(Cl)c2o1. The Labute approximate surface area is 72.0 Å². The Kier molecular flexibility index (Phi) is 1.47. The quantitative estimate of drug-likeness (QED) is 0.638. The van der Waals surface area contributed by atoms with Crippen molar-refractivity contribution in [2.75, 3.05) is 0 Å². The molecule has 0 saturated heterocycles. The number of pyridine rings is 1. The fraction of sp³-hybridized carbons (Fsp3) is 0. The van der Waals surface area contributed by atoms with E-state index in [-0.39, 0.29) is 5.35 Å². The molecule has 56 valence electrons. The Morgan fingerprint density at radius 2 is 2.18 bits per heavy atom. The molecule has 2 aromatic heterocycles. The van der Waals surface area contributed by atoms with Crippen LogP contribution in [0.1, 0.15) is 0 Å². The van der Waals surface area contributed by atoms with E-state index in [1.165, 1.54) is 0 Å². The lowest BCUT2D eigenvalue weighted by Gasteiger charge is -1.85. The van der Waals surface area contributed by atoms with Gasteiger partial charge >= 0.3 is 0 Å². The van der Waals surface area contributed by atoms with Crippen LogP contribution in [0.25, 0.3) is 11.2 Å². The molecule has 2 rings (SSSR count). The topological polar surface area (TPSA) is 38.9 Å². The fourth-order valence-electron chi connectivity index (χ4n) is 0.779. The van der Waals surface area contributed by atoms with E-state index in [1.54, 1.807) is 12.3 Å². The number of oxazole rings is 1. The number of rotatable bonds is 0. The van der Waals surface area contributed by atoms with Gasteiger partial charge in [-0.05, 0) is 17.7 Å². The number of hydrogen-bond acceptors (Lipinski definition) is 3. The van der Waals surface area contributed by atoms with E-state index in [0.29, 0.717) is 16.3 Å². The predicted octanol–water partition coefficient (Wildman–Crippen LogP) is 2.53. The van der Waals surface area contributed by atoms with Gasteiger partial charge in [0, 0.05) is 6.20 Å². The van der Waals surface area contributed by atoms with Crippen LogP contribution in [-0.2, 0) is 0 Å². The Morgan fingerprint density at radius 1 is 1.36 bits per heavy atom. The molecule has 0 spiro atoms. The molecule has 11 heavy (non-hydrogen) atoms. The van der Waals surface area contributed by atoms with Crippen LogP contribution >= 0.6 is 23.2 Å². The Morgan fingerprint density at radius 3 is 2.91 bits per heavy atom. The average molecular weight is 189 g/mol. The van der Waals surface area contributed by atoms with E-state index in [4.69, 9.17) is 27.6 Å². The van der Waals surface area contributed by atoms with Gasteiger partial charge in [-0.25, -0.2) is 4.98 Å². The van der Waals surface area contributed by atoms with E-state index >= 15 is 0 Å². The van der Waals surface area contributed by atoms with Gasteiger partial charge in [-0.15, -0.1) is 0 Å². The molecule has 0 aliphatic rings. The predicted molar refractivity (Wildman–Crippen MR) is 41.8 cm³/mol. The van der Waals surface area contributed by atoms with E-state index in [1.807, 2.05) is 0 Å². The highest BCUT2D eigenvalue weighted by Gasteiger charge is 2.06. The van der Waals surface area contributed by atoms with Gasteiger partial charge in [0.1, 0.15) is 0 Å². The summed E-state index contributed by atoms with van der Waals surface area (Å²) in [5.41, 5.74) is 0.863. The summed E-state index contributed by atoms with van der Waals surface area (Å²) >= 11 is 11.2. The maximum Gasteiger partial charge on any atom is 0.294 e. The first kappa shape index (κ1) is 6.88. The van der Waals surface area contributed by atoms with Gasteiger partial charge < -0.3 is 4.42 Å². The minimum absolute atomic E-state index is 0.0561. The highest BCUT2D eigenvalue weighted by molar-refractivity contribution is 6.35. The molecular formula is C6H2Cl2N2O. The summed E-state index contributed by atoms with van der Waals surface area (Å²) in [6.07, 6.45) is 1.55. The van der Waals surface area contributed by atoms with Crippen LogP contribution in [-0.4, -0.2) is 9.97 Å². The molecule has 0 radical (unpaired) electrons. The summed E-state index contributed by atoms with van der Waals surface area (Å²) < 4.78 is 4.96. The Bertz CT molecular complexity index is 398. The second kappa shape index (κ2) is 2.36. The molecule has 2 heterocycles. The molecule has 0 aliphatic heterocycles. The van der Waals surface area contributed by atoms with Gasteiger partial charge in [0.2, 0.25) is 5.65 Å². The largest absolute Gasteiger partial charge is 0.424 e. The first-order chi connectivity index (χ1) is 5.27. The van der Waals surface area contributed by atoms with Crippen LogP contribution in [0.2, 0.25) is 10.4 Å². The molecule has 5 heteroatoms. The maximum absolute atomic E-state index is 5.74. The molecular weight excluding hydrogens is 187 g/mol.